The van der Waals surface area contributed by atoms with Gasteiger partial charge in [0.1, 0.15) is 17.3 Å². The third-order valence-electron chi connectivity index (χ3n) is 7.13. The maximum absolute atomic E-state index is 13.7. The summed E-state index contributed by atoms with van der Waals surface area (Å²) in [5.74, 6) is -0.282. The van der Waals surface area contributed by atoms with Crippen molar-refractivity contribution in [3.63, 3.8) is 0 Å². The standard InChI is InChI=1S/C28H25F2N9O/c29-19-3-1-18(2-4-19)27-26(22-15-37(11-12-38(22)36-27)28(40)33-20-5-6-20)21-7-8-25-34-24(16-39(25)35-21)32-14-17-9-10-31-23(30)13-17/h1-4,7-10,13,16,20,32H,5-6,11-12,14-15H2,(H,33,40). The fourth-order valence-electron chi connectivity index (χ4n) is 4.91. The third kappa shape index (κ3) is 4.72. The minimum Gasteiger partial charge on any atom is -0.365 e. The highest BCUT2D eigenvalue weighted by Crippen LogP contribution is 2.36. The highest BCUT2D eigenvalue weighted by atomic mass is 19.1. The van der Waals surface area contributed by atoms with Crippen LogP contribution < -0.4 is 10.6 Å². The van der Waals surface area contributed by atoms with Gasteiger partial charge in [0.05, 0.1) is 36.2 Å². The number of amides is 2. The fourth-order valence-corrected chi connectivity index (χ4v) is 4.91. The van der Waals surface area contributed by atoms with Crippen molar-refractivity contribution in [2.75, 3.05) is 11.9 Å². The zero-order chi connectivity index (χ0) is 27.2. The smallest absolute Gasteiger partial charge is 0.318 e. The van der Waals surface area contributed by atoms with Gasteiger partial charge in [-0.3, -0.25) is 4.68 Å². The Labute approximate surface area is 227 Å². The van der Waals surface area contributed by atoms with E-state index < -0.39 is 5.95 Å². The Bertz CT molecular complexity index is 1730. The number of carbonyl (C=O) groups excluding carboxylic acids is 1. The predicted molar refractivity (Wildman–Crippen MR) is 143 cm³/mol. The molecule has 1 aliphatic heterocycles. The first kappa shape index (κ1) is 24.2. The zero-order valence-electron chi connectivity index (χ0n) is 21.4. The number of aromatic nitrogens is 6. The number of fused-ring (bicyclic) bond motifs is 2. The minimum absolute atomic E-state index is 0.0768. The Morgan fingerprint density at radius 2 is 1.88 bits per heavy atom. The van der Waals surface area contributed by atoms with E-state index in [1.807, 2.05) is 16.8 Å². The second kappa shape index (κ2) is 9.70. The first-order valence-corrected chi connectivity index (χ1v) is 13.1. The van der Waals surface area contributed by atoms with Crippen LogP contribution in [0.15, 0.2) is 60.9 Å². The summed E-state index contributed by atoms with van der Waals surface area (Å²) in [4.78, 5) is 22.8. The van der Waals surface area contributed by atoms with Gasteiger partial charge in [-0.1, -0.05) is 0 Å². The van der Waals surface area contributed by atoms with Gasteiger partial charge in [-0.25, -0.2) is 23.7 Å². The minimum atomic E-state index is -0.536. The molecule has 1 aromatic carbocycles. The van der Waals surface area contributed by atoms with E-state index in [-0.39, 0.29) is 17.9 Å². The molecule has 5 aromatic rings. The van der Waals surface area contributed by atoms with E-state index in [1.54, 1.807) is 33.8 Å². The van der Waals surface area contributed by atoms with Gasteiger partial charge in [0.2, 0.25) is 5.95 Å². The van der Waals surface area contributed by atoms with Crippen molar-refractivity contribution in [3.05, 3.63) is 83.9 Å². The number of rotatable bonds is 6. The number of urea groups is 1. The van der Waals surface area contributed by atoms with Crippen LogP contribution in [-0.2, 0) is 19.6 Å². The van der Waals surface area contributed by atoms with Gasteiger partial charge in [-0.2, -0.15) is 14.6 Å². The van der Waals surface area contributed by atoms with Crippen LogP contribution in [0, 0.1) is 11.8 Å². The van der Waals surface area contributed by atoms with E-state index in [2.05, 4.69) is 20.6 Å². The molecule has 0 bridgehead atoms. The van der Waals surface area contributed by atoms with Gasteiger partial charge < -0.3 is 15.5 Å². The molecule has 10 nitrogen and oxygen atoms in total. The van der Waals surface area contributed by atoms with Crippen LogP contribution in [-0.4, -0.2) is 52.9 Å². The number of anilines is 1. The van der Waals surface area contributed by atoms with E-state index in [1.165, 1.54) is 24.4 Å². The first-order valence-electron chi connectivity index (χ1n) is 13.1. The summed E-state index contributed by atoms with van der Waals surface area (Å²) in [5, 5.41) is 16.0. The molecule has 1 aliphatic carbocycles. The highest BCUT2D eigenvalue weighted by Gasteiger charge is 2.31. The number of carbonyl (C=O) groups is 1. The molecule has 2 amide bonds. The molecular weight excluding hydrogens is 516 g/mol. The van der Waals surface area contributed by atoms with Gasteiger partial charge in [0.15, 0.2) is 5.65 Å². The Hall–Kier alpha value is -4.87. The molecule has 4 aromatic heterocycles. The predicted octanol–water partition coefficient (Wildman–Crippen LogP) is 4.23. The Balaban J connectivity index is 1.24. The van der Waals surface area contributed by atoms with Gasteiger partial charge in [0.25, 0.3) is 0 Å². The molecule has 0 radical (unpaired) electrons. The highest BCUT2D eigenvalue weighted by molar-refractivity contribution is 5.82. The van der Waals surface area contributed by atoms with Gasteiger partial charge in [-0.05, 0) is 66.9 Å². The van der Waals surface area contributed by atoms with Crippen LogP contribution >= 0.6 is 0 Å². The third-order valence-corrected chi connectivity index (χ3v) is 7.13. The second-order valence-electron chi connectivity index (χ2n) is 10.0. The molecule has 40 heavy (non-hydrogen) atoms. The Morgan fingerprint density at radius 3 is 2.67 bits per heavy atom. The molecule has 1 saturated carbocycles. The molecule has 202 valence electrons. The van der Waals surface area contributed by atoms with Crippen LogP contribution in [0.4, 0.5) is 19.4 Å². The summed E-state index contributed by atoms with van der Waals surface area (Å²) < 4.78 is 30.8. The summed E-state index contributed by atoms with van der Waals surface area (Å²) in [6.45, 7) is 1.83. The van der Waals surface area contributed by atoms with E-state index in [9.17, 15) is 13.6 Å². The van der Waals surface area contributed by atoms with Gasteiger partial charge >= 0.3 is 6.03 Å². The van der Waals surface area contributed by atoms with Crippen LogP contribution in [0.1, 0.15) is 24.1 Å². The number of hydrogen-bond acceptors (Lipinski definition) is 6. The lowest BCUT2D eigenvalue weighted by molar-refractivity contribution is 0.181. The maximum atomic E-state index is 13.7. The number of hydrogen-bond donors (Lipinski definition) is 2. The number of nitrogens with one attached hydrogen (secondary N) is 2. The summed E-state index contributed by atoms with van der Waals surface area (Å²) in [6.07, 6.45) is 5.22. The summed E-state index contributed by atoms with van der Waals surface area (Å²) in [6, 6.07) is 13.2. The van der Waals surface area contributed by atoms with Crippen LogP contribution in [0.25, 0.3) is 28.2 Å². The quantitative estimate of drug-likeness (QED) is 0.312. The maximum Gasteiger partial charge on any atom is 0.318 e. The lowest BCUT2D eigenvalue weighted by atomic mass is 10.0. The van der Waals surface area contributed by atoms with E-state index >= 15 is 0 Å². The van der Waals surface area contributed by atoms with Crippen molar-refractivity contribution in [2.45, 2.75) is 38.5 Å². The Morgan fingerprint density at radius 1 is 1.02 bits per heavy atom. The number of imidazole rings is 1. The molecule has 7 rings (SSSR count). The topological polar surface area (TPSA) is 105 Å². The number of benzene rings is 1. The average Bonchev–Trinajstić information content (AvgIpc) is 3.55. The largest absolute Gasteiger partial charge is 0.365 e. The molecule has 5 heterocycles. The molecule has 0 saturated heterocycles. The lowest BCUT2D eigenvalue weighted by Gasteiger charge is -2.28. The second-order valence-corrected chi connectivity index (χ2v) is 10.0. The first-order chi connectivity index (χ1) is 19.5. The summed E-state index contributed by atoms with van der Waals surface area (Å²) in [7, 11) is 0. The van der Waals surface area contributed by atoms with Crippen LogP contribution in [0.2, 0.25) is 0 Å². The van der Waals surface area contributed by atoms with E-state index in [4.69, 9.17) is 10.2 Å². The van der Waals surface area contributed by atoms with Crippen molar-refractivity contribution in [3.8, 4) is 22.5 Å². The molecule has 12 heteroatoms. The molecule has 0 atom stereocenters. The summed E-state index contributed by atoms with van der Waals surface area (Å²) in [5.41, 5.74) is 5.09. The number of nitrogens with zero attached hydrogens (tertiary/aromatic N) is 7. The van der Waals surface area contributed by atoms with Crippen LogP contribution in [0.5, 0.6) is 0 Å². The fraction of sp³-hybridized carbons (Fsp3) is 0.250. The number of halogens is 2. The molecular formula is C28H25F2N9O. The summed E-state index contributed by atoms with van der Waals surface area (Å²) >= 11 is 0. The zero-order valence-corrected chi connectivity index (χ0v) is 21.4. The normalized spacial score (nSPS) is 14.8. The van der Waals surface area contributed by atoms with Crippen molar-refractivity contribution >= 4 is 17.5 Å². The van der Waals surface area contributed by atoms with Gasteiger partial charge in [0, 0.05) is 30.9 Å². The SMILES string of the molecule is O=C(NC1CC1)N1CCn2nc(-c3ccc(F)cc3)c(-c3ccc4nc(NCc5ccnc(F)c5)cn4n3)c2C1. The molecule has 0 unspecified atom stereocenters. The van der Waals surface area contributed by atoms with E-state index in [0.29, 0.717) is 49.0 Å². The van der Waals surface area contributed by atoms with E-state index in [0.717, 1.165) is 35.2 Å². The molecule has 2 aliphatic rings. The lowest BCUT2D eigenvalue weighted by Crippen LogP contribution is -2.45. The molecule has 0 spiro atoms. The van der Waals surface area contributed by atoms with Crippen molar-refractivity contribution < 1.29 is 13.6 Å². The Kier molecular flexibility index (Phi) is 5.87. The number of pyridine rings is 1. The van der Waals surface area contributed by atoms with Crippen LogP contribution in [0.3, 0.4) is 0 Å². The molecule has 1 fully saturated rings. The van der Waals surface area contributed by atoms with Crippen molar-refractivity contribution in [2.24, 2.45) is 0 Å². The monoisotopic (exact) mass is 541 g/mol. The van der Waals surface area contributed by atoms with Crippen molar-refractivity contribution in [1.29, 1.82) is 0 Å². The van der Waals surface area contributed by atoms with Gasteiger partial charge in [-0.15, -0.1) is 0 Å². The van der Waals surface area contributed by atoms with Crippen molar-refractivity contribution in [1.82, 2.24) is 39.6 Å². The average molecular weight is 542 g/mol. The molecule has 2 N–H and O–H groups in total.